The van der Waals surface area contributed by atoms with E-state index in [4.69, 9.17) is 16.0 Å². The van der Waals surface area contributed by atoms with Crippen molar-refractivity contribution in [3.8, 4) is 0 Å². The highest BCUT2D eigenvalue weighted by atomic mass is 35.5. The Balaban J connectivity index is 2.86. The van der Waals surface area contributed by atoms with Crippen molar-refractivity contribution < 1.29 is 4.42 Å². The molecule has 0 aliphatic heterocycles. The molecule has 2 rings (SSSR count). The molecule has 0 atom stereocenters. The summed E-state index contributed by atoms with van der Waals surface area (Å²) < 4.78 is 5.03. The molecule has 0 spiro atoms. The average Bonchev–Trinajstić information content (AvgIpc) is 2.53. The quantitative estimate of drug-likeness (QED) is 0.649. The number of furan rings is 1. The van der Waals surface area contributed by atoms with Gasteiger partial charge in [-0.15, -0.1) is 0 Å². The second-order valence-corrected chi connectivity index (χ2v) is 2.93. The molecular weight excluding hydrogens is 172 g/mol. The highest BCUT2D eigenvalue weighted by Crippen LogP contribution is 2.28. The monoisotopic (exact) mass is 178 g/mol. The van der Waals surface area contributed by atoms with E-state index in [9.17, 15) is 0 Å². The molecule has 1 nitrogen and oxygen atoms in total. The Morgan fingerprint density at radius 3 is 2.92 bits per heavy atom. The van der Waals surface area contributed by atoms with Crippen molar-refractivity contribution >= 4 is 28.4 Å². The lowest BCUT2D eigenvalue weighted by Crippen LogP contribution is -1.74. The van der Waals surface area contributed by atoms with Crippen LogP contribution in [0.5, 0.6) is 0 Å². The summed E-state index contributed by atoms with van der Waals surface area (Å²) in [5, 5.41) is 2.66. The molecule has 1 aromatic heterocycles. The molecule has 0 saturated carbocycles. The number of hydrogen-bond donors (Lipinski definition) is 0. The van der Waals surface area contributed by atoms with Gasteiger partial charge in [0.15, 0.2) is 0 Å². The third-order valence-corrected chi connectivity index (χ3v) is 2.27. The van der Waals surface area contributed by atoms with Crippen LogP contribution < -0.4 is 0 Å². The molecule has 2 heteroatoms. The molecule has 0 aliphatic rings. The smallest absolute Gasteiger partial charge is 0.0996 e. The molecular formula is C10H7ClO. The molecule has 0 fully saturated rings. The first-order valence-corrected chi connectivity index (χ1v) is 3.97. The second-order valence-electron chi connectivity index (χ2n) is 2.55. The van der Waals surface area contributed by atoms with Crippen molar-refractivity contribution in [3.05, 3.63) is 41.8 Å². The minimum Gasteiger partial charge on any atom is -0.471 e. The van der Waals surface area contributed by atoms with Crippen LogP contribution in [0.4, 0.5) is 0 Å². The first-order valence-electron chi connectivity index (χ1n) is 3.60. The van der Waals surface area contributed by atoms with Crippen molar-refractivity contribution in [2.75, 3.05) is 0 Å². The number of hydrogen-bond acceptors (Lipinski definition) is 1. The summed E-state index contributed by atoms with van der Waals surface area (Å²) >= 11 is 6.05. The minimum atomic E-state index is 0.705. The Hall–Kier alpha value is -1.21. The lowest BCUT2D eigenvalue weighted by molar-refractivity contribution is 0.572. The largest absolute Gasteiger partial charge is 0.471 e. The average molecular weight is 179 g/mol. The SMILES string of the molecule is C=Cc1ccc2cocc2c1Cl. The second kappa shape index (κ2) is 2.68. The minimum absolute atomic E-state index is 0.705. The van der Waals surface area contributed by atoms with Gasteiger partial charge in [-0.1, -0.05) is 36.4 Å². The molecule has 12 heavy (non-hydrogen) atoms. The van der Waals surface area contributed by atoms with Crippen LogP contribution in [0.25, 0.3) is 16.8 Å². The fourth-order valence-corrected chi connectivity index (χ4v) is 1.47. The van der Waals surface area contributed by atoms with E-state index < -0.39 is 0 Å². The predicted molar refractivity (Wildman–Crippen MR) is 51.3 cm³/mol. The number of benzene rings is 1. The van der Waals surface area contributed by atoms with E-state index in [-0.39, 0.29) is 0 Å². The van der Waals surface area contributed by atoms with Crippen molar-refractivity contribution in [3.63, 3.8) is 0 Å². The summed E-state index contributed by atoms with van der Waals surface area (Å²) in [5.41, 5.74) is 0.936. The first kappa shape index (κ1) is 7.44. The highest BCUT2D eigenvalue weighted by molar-refractivity contribution is 6.36. The van der Waals surface area contributed by atoms with Crippen molar-refractivity contribution in [2.24, 2.45) is 0 Å². The fraction of sp³-hybridized carbons (Fsp3) is 0. The van der Waals surface area contributed by atoms with Crippen LogP contribution >= 0.6 is 11.6 Å². The van der Waals surface area contributed by atoms with E-state index in [2.05, 4.69) is 6.58 Å². The Kier molecular flexibility index (Phi) is 1.66. The van der Waals surface area contributed by atoms with Crippen LogP contribution in [0.2, 0.25) is 5.02 Å². The fourth-order valence-electron chi connectivity index (χ4n) is 1.18. The van der Waals surface area contributed by atoms with E-state index in [1.54, 1.807) is 18.6 Å². The third-order valence-electron chi connectivity index (χ3n) is 1.84. The van der Waals surface area contributed by atoms with Crippen molar-refractivity contribution in [1.29, 1.82) is 0 Å². The maximum Gasteiger partial charge on any atom is 0.0996 e. The van der Waals surface area contributed by atoms with E-state index in [1.807, 2.05) is 12.1 Å². The van der Waals surface area contributed by atoms with Gasteiger partial charge in [0.1, 0.15) is 0 Å². The molecule has 1 aromatic carbocycles. The highest BCUT2D eigenvalue weighted by Gasteiger charge is 2.03. The van der Waals surface area contributed by atoms with Gasteiger partial charge in [0.2, 0.25) is 0 Å². The van der Waals surface area contributed by atoms with Crippen LogP contribution in [0.15, 0.2) is 35.7 Å². The summed E-state index contributed by atoms with van der Waals surface area (Å²) in [6.45, 7) is 3.67. The van der Waals surface area contributed by atoms with Gasteiger partial charge >= 0.3 is 0 Å². The van der Waals surface area contributed by atoms with Crippen LogP contribution in [0, 0.1) is 0 Å². The Morgan fingerprint density at radius 2 is 2.17 bits per heavy atom. The Bertz CT molecular complexity index is 428. The zero-order chi connectivity index (χ0) is 8.55. The molecule has 0 aliphatic carbocycles. The van der Waals surface area contributed by atoms with Gasteiger partial charge in [0.05, 0.1) is 17.5 Å². The summed E-state index contributed by atoms with van der Waals surface area (Å²) in [5.74, 6) is 0. The maximum absolute atomic E-state index is 6.05. The van der Waals surface area contributed by atoms with Gasteiger partial charge in [0, 0.05) is 10.8 Å². The number of fused-ring (bicyclic) bond motifs is 1. The van der Waals surface area contributed by atoms with Gasteiger partial charge in [-0.2, -0.15) is 0 Å². The van der Waals surface area contributed by atoms with Crippen molar-refractivity contribution in [2.45, 2.75) is 0 Å². The first-order chi connectivity index (χ1) is 5.83. The van der Waals surface area contributed by atoms with Gasteiger partial charge in [-0.25, -0.2) is 0 Å². The van der Waals surface area contributed by atoms with E-state index >= 15 is 0 Å². The van der Waals surface area contributed by atoms with Crippen LogP contribution in [0.1, 0.15) is 5.56 Å². The van der Waals surface area contributed by atoms with Gasteiger partial charge in [-0.3, -0.25) is 0 Å². The van der Waals surface area contributed by atoms with E-state index in [0.29, 0.717) is 5.02 Å². The lowest BCUT2D eigenvalue weighted by Gasteiger charge is -1.97. The zero-order valence-corrected chi connectivity index (χ0v) is 7.14. The molecule has 0 bridgehead atoms. The van der Waals surface area contributed by atoms with Gasteiger partial charge in [0.25, 0.3) is 0 Å². The molecule has 0 radical (unpaired) electrons. The van der Waals surface area contributed by atoms with Crippen LogP contribution in [-0.4, -0.2) is 0 Å². The normalized spacial score (nSPS) is 10.4. The zero-order valence-electron chi connectivity index (χ0n) is 6.38. The molecule has 1 heterocycles. The predicted octanol–water partition coefficient (Wildman–Crippen LogP) is 3.73. The summed E-state index contributed by atoms with van der Waals surface area (Å²) in [6.07, 6.45) is 5.05. The Morgan fingerprint density at radius 1 is 1.33 bits per heavy atom. The molecule has 2 aromatic rings. The standard InChI is InChI=1S/C10H7ClO/c1-2-7-3-4-8-5-12-6-9(8)10(7)11/h2-6H,1H2. The molecule has 0 saturated heterocycles. The number of halogens is 1. The van der Waals surface area contributed by atoms with Gasteiger partial charge in [-0.05, 0) is 5.56 Å². The van der Waals surface area contributed by atoms with Crippen LogP contribution in [-0.2, 0) is 0 Å². The molecule has 0 amide bonds. The third kappa shape index (κ3) is 0.942. The molecule has 0 unspecified atom stereocenters. The summed E-state index contributed by atoms with van der Waals surface area (Å²) in [4.78, 5) is 0. The van der Waals surface area contributed by atoms with Gasteiger partial charge < -0.3 is 4.42 Å². The van der Waals surface area contributed by atoms with E-state index in [1.165, 1.54) is 0 Å². The summed E-state index contributed by atoms with van der Waals surface area (Å²) in [6, 6.07) is 3.88. The van der Waals surface area contributed by atoms with Crippen molar-refractivity contribution in [1.82, 2.24) is 0 Å². The molecule has 0 N–H and O–H groups in total. The van der Waals surface area contributed by atoms with E-state index in [0.717, 1.165) is 16.3 Å². The lowest BCUT2D eigenvalue weighted by atomic mass is 10.1. The maximum atomic E-state index is 6.05. The van der Waals surface area contributed by atoms with Crippen LogP contribution in [0.3, 0.4) is 0 Å². The summed E-state index contributed by atoms with van der Waals surface area (Å²) in [7, 11) is 0. The topological polar surface area (TPSA) is 13.1 Å². The Labute approximate surface area is 75.3 Å². The number of rotatable bonds is 1. The molecule has 60 valence electrons.